The van der Waals surface area contributed by atoms with Gasteiger partial charge in [-0.25, -0.2) is 0 Å². The maximum Gasteiger partial charge on any atom is 0.333 e. The maximum absolute atomic E-state index is 6.91. The molecule has 2 aliphatic carbocycles. The molecule has 0 spiro atoms. The molecule has 10 aromatic rings. The van der Waals surface area contributed by atoms with Crippen LogP contribution in [0.25, 0.3) is 44.2 Å². The second-order valence-corrected chi connectivity index (χ2v) is 25.7. The van der Waals surface area contributed by atoms with Crippen LogP contribution in [0.2, 0.25) is 0 Å². The highest BCUT2D eigenvalue weighted by Crippen LogP contribution is 2.80. The average molecular weight is 935 g/mol. The standard InChI is InChI=1S/C66H55BN2OS/c1-40-35-49-50(65(4,5)34-33-64(49,2)3)38-53(40)68-54-39-57-46(44-26-15-18-30-56(44)70-57)36-51(54)67-62-55(68)37-47-43-25-14-16-28-48(43)66(6,7)61(47)60(62)45-27-20-32-59-63(45)69(67)52-29-17-19-31-58(52)71(59,41-21-10-8-11-22-41)42-23-12-9-13-24-42/h8-32,35-39H,33-34H2,1-7H3. The number of benzene rings is 9. The highest BCUT2D eigenvalue weighted by Gasteiger charge is 2.55. The van der Waals surface area contributed by atoms with Crippen molar-refractivity contribution in [1.29, 1.82) is 0 Å². The number of para-hydroxylation sites is 3. The molecule has 0 radical (unpaired) electrons. The summed E-state index contributed by atoms with van der Waals surface area (Å²) < 4.78 is 6.91. The van der Waals surface area contributed by atoms with E-state index in [0.717, 1.165) is 28.4 Å². The van der Waals surface area contributed by atoms with Crippen LogP contribution in [0.5, 0.6) is 0 Å². The molecule has 0 amide bonds. The molecule has 5 aliphatic rings. The topological polar surface area (TPSA) is 19.6 Å². The lowest BCUT2D eigenvalue weighted by atomic mass is 9.42. The van der Waals surface area contributed by atoms with Crippen molar-refractivity contribution in [1.82, 2.24) is 0 Å². The van der Waals surface area contributed by atoms with E-state index in [1.807, 2.05) is 0 Å². The van der Waals surface area contributed by atoms with Gasteiger partial charge in [0.25, 0.3) is 0 Å². The van der Waals surface area contributed by atoms with Gasteiger partial charge in [-0.1, -0.05) is 157 Å². The third-order valence-corrected chi connectivity index (χ3v) is 21.5. The number of nitrogens with zero attached hydrogens (tertiary/aromatic N) is 2. The van der Waals surface area contributed by atoms with Crippen LogP contribution in [0.15, 0.2) is 206 Å². The van der Waals surface area contributed by atoms with Crippen molar-refractivity contribution in [3.05, 3.63) is 210 Å². The first-order valence-corrected chi connectivity index (χ1v) is 27.2. The van der Waals surface area contributed by atoms with Crippen LogP contribution in [0.1, 0.15) is 82.2 Å². The zero-order valence-corrected chi connectivity index (χ0v) is 42.3. The van der Waals surface area contributed by atoms with Gasteiger partial charge in [0.15, 0.2) is 0 Å². The van der Waals surface area contributed by atoms with Crippen molar-refractivity contribution in [2.24, 2.45) is 0 Å². The van der Waals surface area contributed by atoms with Gasteiger partial charge in [-0.15, -0.1) is 10.0 Å². The Bertz CT molecular complexity index is 3920. The molecule has 0 N–H and O–H groups in total. The Morgan fingerprint density at radius 2 is 1.13 bits per heavy atom. The van der Waals surface area contributed by atoms with Gasteiger partial charge in [0, 0.05) is 70.1 Å². The number of furan rings is 1. The molecular formula is C66H55BN2OS. The molecule has 1 aromatic heterocycles. The van der Waals surface area contributed by atoms with Crippen molar-refractivity contribution >= 4 is 78.2 Å². The average Bonchev–Trinajstić information content (AvgIpc) is 3.89. The highest BCUT2D eigenvalue weighted by atomic mass is 32.3. The first-order valence-electron chi connectivity index (χ1n) is 25.6. The summed E-state index contributed by atoms with van der Waals surface area (Å²) in [6, 6.07) is 70.1. The van der Waals surface area contributed by atoms with E-state index < -0.39 is 10.0 Å². The van der Waals surface area contributed by atoms with E-state index in [4.69, 9.17) is 4.42 Å². The molecule has 4 heterocycles. The van der Waals surface area contributed by atoms with Crippen LogP contribution in [0.4, 0.5) is 28.4 Å². The van der Waals surface area contributed by atoms with E-state index in [9.17, 15) is 0 Å². The highest BCUT2D eigenvalue weighted by molar-refractivity contribution is 8.34. The minimum absolute atomic E-state index is 0.0245. The molecule has 0 fully saturated rings. The molecule has 3 aliphatic heterocycles. The Morgan fingerprint density at radius 3 is 1.89 bits per heavy atom. The summed E-state index contributed by atoms with van der Waals surface area (Å²) in [6.45, 7) is 17.0. The van der Waals surface area contributed by atoms with Gasteiger partial charge in [0.1, 0.15) is 11.2 Å². The monoisotopic (exact) mass is 934 g/mol. The number of rotatable bonds is 3. The fourth-order valence-corrected chi connectivity index (χ4v) is 18.4. The van der Waals surface area contributed by atoms with Crippen LogP contribution >= 0.6 is 10.0 Å². The number of fused-ring (bicyclic) bond motifs is 14. The predicted octanol–water partition coefficient (Wildman–Crippen LogP) is 16.9. The molecular weight excluding hydrogens is 880 g/mol. The molecule has 3 nitrogen and oxygen atoms in total. The first-order chi connectivity index (χ1) is 34.4. The first kappa shape index (κ1) is 41.6. The predicted molar refractivity (Wildman–Crippen MR) is 299 cm³/mol. The SMILES string of the molecule is Cc1cc2c(cc1N1c3cc4oc5ccccc5c4cc3B3c4c1cc1c(c4-c4cccc5c4N3c3ccccc3S5(c3ccccc3)c3ccccc3)C(C)(C)c3ccccc3-1)C(C)(C)CCC2(C)C. The smallest absolute Gasteiger partial charge is 0.333 e. The lowest BCUT2D eigenvalue weighted by Crippen LogP contribution is -2.62. The maximum atomic E-state index is 6.91. The minimum atomic E-state index is -2.02. The van der Waals surface area contributed by atoms with Gasteiger partial charge >= 0.3 is 6.85 Å². The molecule has 0 bridgehead atoms. The number of aryl methyl sites for hydroxylation is 1. The summed E-state index contributed by atoms with van der Waals surface area (Å²) in [7, 11) is -2.02. The number of anilines is 5. The van der Waals surface area contributed by atoms with E-state index in [2.05, 4.69) is 240 Å². The Labute approximate surface area is 419 Å². The van der Waals surface area contributed by atoms with E-state index in [1.54, 1.807) is 0 Å². The Kier molecular flexibility index (Phi) is 8.21. The van der Waals surface area contributed by atoms with Crippen LogP contribution in [0.3, 0.4) is 0 Å². The summed E-state index contributed by atoms with van der Waals surface area (Å²) in [4.78, 5) is 10.9. The molecule has 0 unspecified atom stereocenters. The zero-order chi connectivity index (χ0) is 47.9. The molecule has 71 heavy (non-hydrogen) atoms. The number of hydrogen-bond donors (Lipinski definition) is 0. The fraction of sp³-hybridized carbons (Fsp3) is 0.182. The Morgan fingerprint density at radius 1 is 0.493 bits per heavy atom. The van der Waals surface area contributed by atoms with Gasteiger partial charge < -0.3 is 14.1 Å². The van der Waals surface area contributed by atoms with Gasteiger partial charge in [-0.3, -0.25) is 0 Å². The normalized spacial score (nSPS) is 17.9. The summed E-state index contributed by atoms with van der Waals surface area (Å²) >= 11 is 0. The molecule has 0 saturated heterocycles. The van der Waals surface area contributed by atoms with Gasteiger partial charge in [-0.2, -0.15) is 0 Å². The summed E-state index contributed by atoms with van der Waals surface area (Å²) in [5, 5.41) is 2.30. The van der Waals surface area contributed by atoms with E-state index in [-0.39, 0.29) is 23.1 Å². The van der Waals surface area contributed by atoms with Crippen molar-refractivity contribution < 1.29 is 4.42 Å². The summed E-state index contributed by atoms with van der Waals surface area (Å²) in [6.07, 6.45) is 2.32. The van der Waals surface area contributed by atoms with E-state index >= 15 is 0 Å². The van der Waals surface area contributed by atoms with Crippen LogP contribution in [-0.2, 0) is 16.2 Å². The molecule has 9 aromatic carbocycles. The molecule has 15 rings (SSSR count). The largest absolute Gasteiger partial charge is 0.456 e. The molecule has 344 valence electrons. The van der Waals surface area contributed by atoms with Crippen molar-refractivity contribution in [2.45, 2.75) is 97.1 Å². The summed E-state index contributed by atoms with van der Waals surface area (Å²) in [5.74, 6) is 0. The third-order valence-electron chi connectivity index (χ3n) is 17.6. The van der Waals surface area contributed by atoms with Crippen LogP contribution in [-0.4, -0.2) is 6.85 Å². The van der Waals surface area contributed by atoms with Gasteiger partial charge in [-0.05, 0) is 147 Å². The Balaban J connectivity index is 1.15. The van der Waals surface area contributed by atoms with Crippen molar-refractivity contribution in [3.8, 4) is 22.3 Å². The van der Waals surface area contributed by atoms with Crippen molar-refractivity contribution in [2.75, 3.05) is 9.71 Å². The van der Waals surface area contributed by atoms with Crippen LogP contribution in [0, 0.1) is 6.92 Å². The van der Waals surface area contributed by atoms with Gasteiger partial charge in [0.05, 0.1) is 5.69 Å². The summed E-state index contributed by atoms with van der Waals surface area (Å²) in [5.41, 5.74) is 23.0. The lowest BCUT2D eigenvalue weighted by molar-refractivity contribution is 0.332. The molecule has 5 heteroatoms. The lowest BCUT2D eigenvalue weighted by Gasteiger charge is -2.55. The van der Waals surface area contributed by atoms with Crippen LogP contribution < -0.4 is 20.6 Å². The molecule has 0 saturated carbocycles. The fourth-order valence-electron chi connectivity index (χ4n) is 14.2. The number of hydrogen-bond acceptors (Lipinski definition) is 3. The Hall–Kier alpha value is -7.21. The van der Waals surface area contributed by atoms with E-state index in [0.29, 0.717) is 0 Å². The molecule has 0 atom stereocenters. The van der Waals surface area contributed by atoms with E-state index in [1.165, 1.54) is 115 Å². The zero-order valence-electron chi connectivity index (χ0n) is 41.5. The quantitative estimate of drug-likeness (QED) is 0.165. The third kappa shape index (κ3) is 5.22. The second kappa shape index (κ2) is 14.0. The van der Waals surface area contributed by atoms with Crippen molar-refractivity contribution in [3.63, 3.8) is 0 Å². The second-order valence-electron chi connectivity index (χ2n) is 22.7. The van der Waals surface area contributed by atoms with Gasteiger partial charge in [0.2, 0.25) is 0 Å². The minimum Gasteiger partial charge on any atom is -0.456 e.